The van der Waals surface area contributed by atoms with E-state index >= 15 is 4.39 Å². The van der Waals surface area contributed by atoms with Gasteiger partial charge < -0.3 is 25.7 Å². The van der Waals surface area contributed by atoms with Gasteiger partial charge in [0.05, 0.1) is 11.4 Å². The molecule has 1 aliphatic rings. The van der Waals surface area contributed by atoms with Crippen LogP contribution < -0.4 is 21.1 Å². The Morgan fingerprint density at radius 1 is 1.02 bits per heavy atom. The Hall–Kier alpha value is -5.23. The fraction of sp³-hybridized carbons (Fsp3) is 0.375. The van der Waals surface area contributed by atoms with Gasteiger partial charge in [-0.2, -0.15) is 10.4 Å². The van der Waals surface area contributed by atoms with Crippen molar-refractivity contribution in [2.24, 2.45) is 11.7 Å². The number of hydrogen-bond acceptors (Lipinski definition) is 8. The van der Waals surface area contributed by atoms with Crippen LogP contribution in [-0.2, 0) is 28.2 Å². The molecule has 0 radical (unpaired) electrons. The van der Waals surface area contributed by atoms with Crippen LogP contribution in [0.5, 0.6) is 0 Å². The third-order valence-electron chi connectivity index (χ3n) is 8.86. The zero-order valence-electron chi connectivity index (χ0n) is 31.3. The van der Waals surface area contributed by atoms with Crippen molar-refractivity contribution in [2.75, 3.05) is 5.32 Å². The second-order valence-electron chi connectivity index (χ2n) is 15.4. The van der Waals surface area contributed by atoms with E-state index in [2.05, 4.69) is 20.5 Å². The van der Waals surface area contributed by atoms with E-state index in [0.717, 1.165) is 19.3 Å². The topological polar surface area (TPSA) is 187 Å². The maximum Gasteiger partial charge on any atom is 0.407 e. The van der Waals surface area contributed by atoms with E-state index in [1.807, 2.05) is 26.8 Å². The summed E-state index contributed by atoms with van der Waals surface area (Å²) in [6.45, 7) is 10.9. The summed E-state index contributed by atoms with van der Waals surface area (Å²) in [4.78, 5) is 38.1. The van der Waals surface area contributed by atoms with E-state index < -0.39 is 51.0 Å². The molecule has 1 heterocycles. The van der Waals surface area contributed by atoms with Gasteiger partial charge in [0.15, 0.2) is 5.69 Å². The van der Waals surface area contributed by atoms with Crippen molar-refractivity contribution in [3.63, 3.8) is 0 Å². The summed E-state index contributed by atoms with van der Waals surface area (Å²) in [5.74, 6) is -1.56. The monoisotopic (exact) mass is 755 g/mol. The van der Waals surface area contributed by atoms with E-state index in [4.69, 9.17) is 10.5 Å². The number of carbonyl (C=O) groups is 3. The molecule has 284 valence electrons. The summed E-state index contributed by atoms with van der Waals surface area (Å²) in [7, 11) is 0. The molecule has 0 bridgehead atoms. The number of nitrogens with one attached hydrogen (secondary N) is 3. The lowest BCUT2D eigenvalue weighted by molar-refractivity contribution is 0.0523. The number of benzene rings is 3. The Balaban J connectivity index is 1.51. The smallest absolute Gasteiger partial charge is 0.407 e. The molecule has 0 spiro atoms. The minimum atomic E-state index is -1.60. The van der Waals surface area contributed by atoms with Gasteiger partial charge in [-0.25, -0.2) is 13.9 Å². The Morgan fingerprint density at radius 2 is 1.70 bits per heavy atom. The number of rotatable bonds is 13. The minimum absolute atomic E-state index is 0.0393. The number of alkyl carbamates (subject to hydrolysis) is 1. The van der Waals surface area contributed by atoms with Gasteiger partial charge in [-0.1, -0.05) is 43.2 Å². The zero-order valence-corrected chi connectivity index (χ0v) is 32.1. The fourth-order valence-corrected chi connectivity index (χ4v) is 6.80. The molecule has 1 fully saturated rings. The molecule has 5 rings (SSSR count). The Bertz CT molecular complexity index is 2060. The highest BCUT2D eigenvalue weighted by molar-refractivity contribution is 7.90. The molecule has 1 aromatic heterocycles. The summed E-state index contributed by atoms with van der Waals surface area (Å²) in [5, 5.41) is 19.4. The molecule has 3 amide bonds. The van der Waals surface area contributed by atoms with E-state index in [-0.39, 0.29) is 23.6 Å². The zero-order chi connectivity index (χ0) is 39.4. The average molecular weight is 756 g/mol. The Morgan fingerprint density at radius 3 is 2.31 bits per heavy atom. The van der Waals surface area contributed by atoms with Crippen LogP contribution in [0.3, 0.4) is 0 Å². The highest BCUT2D eigenvalue weighted by Gasteiger charge is 2.43. The lowest BCUT2D eigenvalue weighted by Gasteiger charge is -2.39. The van der Waals surface area contributed by atoms with Crippen molar-refractivity contribution in [3.8, 4) is 11.8 Å². The van der Waals surface area contributed by atoms with Crippen LogP contribution in [0.15, 0.2) is 72.8 Å². The van der Waals surface area contributed by atoms with Gasteiger partial charge in [0.25, 0.3) is 5.91 Å². The Labute approximate surface area is 318 Å². The van der Waals surface area contributed by atoms with Gasteiger partial charge in [-0.3, -0.25) is 9.59 Å². The fourth-order valence-electron chi connectivity index (χ4n) is 5.84. The third kappa shape index (κ3) is 9.84. The van der Waals surface area contributed by atoms with Crippen LogP contribution in [-0.4, -0.2) is 42.6 Å². The first-order valence-corrected chi connectivity index (χ1v) is 18.8. The highest BCUT2D eigenvalue weighted by Crippen LogP contribution is 2.43. The van der Waals surface area contributed by atoms with E-state index in [1.165, 1.54) is 22.9 Å². The molecule has 1 unspecified atom stereocenters. The van der Waals surface area contributed by atoms with E-state index in [1.54, 1.807) is 75.4 Å². The first kappa shape index (κ1) is 40.0. The van der Waals surface area contributed by atoms with Gasteiger partial charge in [0, 0.05) is 29.5 Å². The van der Waals surface area contributed by atoms with E-state index in [0.29, 0.717) is 40.3 Å². The number of halogens is 1. The quantitative estimate of drug-likeness (QED) is 0.108. The largest absolute Gasteiger partial charge is 0.598 e. The van der Waals surface area contributed by atoms with Crippen molar-refractivity contribution in [1.29, 1.82) is 5.26 Å². The molecular weight excluding hydrogens is 710 g/mol. The van der Waals surface area contributed by atoms with E-state index in [9.17, 15) is 24.2 Å². The minimum Gasteiger partial charge on any atom is -0.598 e. The number of ether oxygens (including phenoxy) is 1. The normalized spacial score (nSPS) is 14.7. The number of nitrogens with two attached hydrogens (primary N) is 1. The maximum absolute atomic E-state index is 15.7. The highest BCUT2D eigenvalue weighted by atomic mass is 32.2. The molecule has 2 atom stereocenters. The molecule has 54 heavy (non-hydrogen) atoms. The van der Waals surface area contributed by atoms with Gasteiger partial charge >= 0.3 is 6.09 Å². The molecule has 3 aromatic carbocycles. The summed E-state index contributed by atoms with van der Waals surface area (Å²) in [6, 6.07) is 21.2. The molecule has 0 aliphatic heterocycles. The number of nitriles is 1. The number of aromatic nitrogens is 2. The van der Waals surface area contributed by atoms with Crippen LogP contribution in [0.4, 0.5) is 14.9 Å². The van der Waals surface area contributed by atoms with Crippen molar-refractivity contribution >= 4 is 35.0 Å². The molecule has 12 nitrogen and oxygen atoms in total. The van der Waals surface area contributed by atoms with Crippen molar-refractivity contribution < 1.29 is 28.1 Å². The van der Waals surface area contributed by atoms with Gasteiger partial charge in [0.2, 0.25) is 5.91 Å². The molecule has 4 aromatic rings. The van der Waals surface area contributed by atoms with Crippen LogP contribution in [0.25, 0.3) is 5.69 Å². The third-order valence-corrected chi connectivity index (χ3v) is 10.5. The van der Waals surface area contributed by atoms with Crippen LogP contribution in [0, 0.1) is 23.1 Å². The number of hydrogen-bond donors (Lipinski definition) is 4. The number of primary amides is 1. The van der Waals surface area contributed by atoms with Gasteiger partial charge in [-0.15, -0.1) is 4.72 Å². The predicted octanol–water partition coefficient (Wildman–Crippen LogP) is 6.74. The van der Waals surface area contributed by atoms with Crippen LogP contribution in [0.1, 0.15) is 110 Å². The maximum atomic E-state index is 15.7. The Kier molecular flexibility index (Phi) is 11.9. The van der Waals surface area contributed by atoms with Crippen LogP contribution >= 0.6 is 0 Å². The lowest BCUT2D eigenvalue weighted by atomic mass is 9.79. The number of amides is 3. The van der Waals surface area contributed by atoms with Crippen molar-refractivity contribution in [1.82, 2.24) is 19.8 Å². The summed E-state index contributed by atoms with van der Waals surface area (Å²) >= 11 is -1.60. The van der Waals surface area contributed by atoms with Crippen LogP contribution in [0.2, 0.25) is 0 Å². The second kappa shape index (κ2) is 16.0. The SMILES string of the molecule is CC(C)(C)OC(=O)NCc1cccc(-n2nc(C#N)cc2C(=O)Nc2cc(C(CCC3CC3)(N[S@+]([O-])C(C)(C)C)c3ccc(C(N)=O)cc3)ccc2F)c1. The second-order valence-corrected chi connectivity index (χ2v) is 17.4. The molecule has 0 saturated heterocycles. The number of nitrogens with zero attached hydrogens (tertiary/aromatic N) is 3. The first-order chi connectivity index (χ1) is 25.4. The summed E-state index contributed by atoms with van der Waals surface area (Å²) in [5.41, 5.74) is 6.15. The number of carbonyl (C=O) groups excluding carboxylic acids is 3. The molecule has 1 aliphatic carbocycles. The summed E-state index contributed by atoms with van der Waals surface area (Å²) in [6.07, 6.45) is 2.83. The lowest BCUT2D eigenvalue weighted by Crippen LogP contribution is -2.52. The van der Waals surface area contributed by atoms with Gasteiger partial charge in [0.1, 0.15) is 33.5 Å². The predicted molar refractivity (Wildman–Crippen MR) is 204 cm³/mol. The van der Waals surface area contributed by atoms with Crippen molar-refractivity contribution in [3.05, 3.63) is 112 Å². The van der Waals surface area contributed by atoms with Gasteiger partial charge in [-0.05, 0) is 113 Å². The molecular formula is C40H46FN7O5S. The standard InChI is InChI=1S/C40H46FN7O5S/c1-38(2,3)53-37(51)44-24-26-8-7-9-31(20-26)48-34(22-30(23-42)46-48)36(50)45-33-21-29(16-17-32(33)41)40(19-18-25-10-11-25,47-54(52)39(4,5)6)28-14-12-27(13-15-28)35(43)49/h7-9,12-17,20-22,25,47H,10-11,18-19,24H2,1-6H3,(H2,43,49)(H,44,51)(H,45,50)/t40?,54-/m1/s1. The summed E-state index contributed by atoms with van der Waals surface area (Å²) < 4.78 is 38.8. The average Bonchev–Trinajstić information content (AvgIpc) is 3.84. The molecule has 1 saturated carbocycles. The number of anilines is 1. The molecule has 14 heteroatoms. The first-order valence-electron chi connectivity index (χ1n) is 17.7. The molecule has 5 N–H and O–H groups in total. The van der Waals surface area contributed by atoms with Crippen molar-refractivity contribution in [2.45, 2.75) is 89.7 Å².